The standard InChI is InChI=1S/C15H10Cl2N4/c16-11-3-1-2-4-12(11)19-14-9-13(17)20-15(21-14)10-5-7-18-8-6-10/h1-9H,(H,19,20,21). The molecule has 1 N–H and O–H groups in total. The zero-order valence-electron chi connectivity index (χ0n) is 10.8. The van der Waals surface area contributed by atoms with E-state index in [0.717, 1.165) is 11.3 Å². The first kappa shape index (κ1) is 13.8. The maximum absolute atomic E-state index is 6.12. The van der Waals surface area contributed by atoms with Crippen LogP contribution in [-0.4, -0.2) is 15.0 Å². The molecule has 0 radical (unpaired) electrons. The van der Waals surface area contributed by atoms with Crippen molar-refractivity contribution in [3.63, 3.8) is 0 Å². The molecule has 2 heterocycles. The van der Waals surface area contributed by atoms with Gasteiger partial charge in [0.1, 0.15) is 11.0 Å². The SMILES string of the molecule is Clc1cc(Nc2ccccc2Cl)nc(-c2ccncc2)n1. The highest BCUT2D eigenvalue weighted by Crippen LogP contribution is 2.26. The van der Waals surface area contributed by atoms with Crippen molar-refractivity contribution < 1.29 is 0 Å². The van der Waals surface area contributed by atoms with E-state index in [1.165, 1.54) is 0 Å². The Morgan fingerprint density at radius 2 is 1.67 bits per heavy atom. The molecular weight excluding hydrogens is 307 g/mol. The number of para-hydroxylation sites is 1. The van der Waals surface area contributed by atoms with Gasteiger partial charge in [-0.3, -0.25) is 4.98 Å². The quantitative estimate of drug-likeness (QED) is 0.718. The van der Waals surface area contributed by atoms with Gasteiger partial charge in [0.05, 0.1) is 10.7 Å². The molecule has 0 aliphatic rings. The molecule has 0 saturated heterocycles. The number of benzene rings is 1. The summed E-state index contributed by atoms with van der Waals surface area (Å²) in [5.41, 5.74) is 1.60. The van der Waals surface area contributed by atoms with Crippen molar-refractivity contribution in [2.24, 2.45) is 0 Å². The monoisotopic (exact) mass is 316 g/mol. The van der Waals surface area contributed by atoms with E-state index in [1.807, 2.05) is 30.3 Å². The Morgan fingerprint density at radius 1 is 0.905 bits per heavy atom. The van der Waals surface area contributed by atoms with E-state index in [0.29, 0.717) is 21.8 Å². The largest absolute Gasteiger partial charge is 0.339 e. The highest BCUT2D eigenvalue weighted by atomic mass is 35.5. The van der Waals surface area contributed by atoms with Crippen LogP contribution in [0.2, 0.25) is 10.2 Å². The van der Waals surface area contributed by atoms with Gasteiger partial charge in [0.2, 0.25) is 0 Å². The number of anilines is 2. The van der Waals surface area contributed by atoms with Crippen LogP contribution in [-0.2, 0) is 0 Å². The van der Waals surface area contributed by atoms with Gasteiger partial charge < -0.3 is 5.32 Å². The second-order valence-corrected chi connectivity index (χ2v) is 5.03. The van der Waals surface area contributed by atoms with Crippen LogP contribution in [0.3, 0.4) is 0 Å². The predicted octanol–water partition coefficient (Wildman–Crippen LogP) is 4.59. The fourth-order valence-corrected chi connectivity index (χ4v) is 2.18. The minimum absolute atomic E-state index is 0.353. The van der Waals surface area contributed by atoms with Crippen molar-refractivity contribution in [1.29, 1.82) is 0 Å². The van der Waals surface area contributed by atoms with Gasteiger partial charge in [-0.2, -0.15) is 0 Å². The Kier molecular flexibility index (Phi) is 3.99. The van der Waals surface area contributed by atoms with E-state index in [9.17, 15) is 0 Å². The third kappa shape index (κ3) is 3.29. The molecule has 0 saturated carbocycles. The molecular formula is C15H10Cl2N4. The average molecular weight is 317 g/mol. The van der Waals surface area contributed by atoms with E-state index in [-0.39, 0.29) is 0 Å². The highest BCUT2D eigenvalue weighted by molar-refractivity contribution is 6.33. The van der Waals surface area contributed by atoms with Crippen LogP contribution in [0.4, 0.5) is 11.5 Å². The summed E-state index contributed by atoms with van der Waals surface area (Å²) in [6, 6.07) is 12.7. The molecule has 3 aromatic rings. The molecule has 0 bridgehead atoms. The lowest BCUT2D eigenvalue weighted by molar-refractivity contribution is 1.17. The van der Waals surface area contributed by atoms with Gasteiger partial charge in [-0.25, -0.2) is 9.97 Å². The Morgan fingerprint density at radius 3 is 2.43 bits per heavy atom. The Balaban J connectivity index is 1.97. The van der Waals surface area contributed by atoms with Crippen LogP contribution < -0.4 is 5.32 Å². The molecule has 0 aliphatic carbocycles. The topological polar surface area (TPSA) is 50.7 Å². The molecule has 4 nitrogen and oxygen atoms in total. The van der Waals surface area contributed by atoms with Gasteiger partial charge in [0.25, 0.3) is 0 Å². The highest BCUT2D eigenvalue weighted by Gasteiger charge is 2.07. The van der Waals surface area contributed by atoms with Crippen molar-refractivity contribution in [3.8, 4) is 11.4 Å². The van der Waals surface area contributed by atoms with E-state index in [2.05, 4.69) is 20.3 Å². The Hall–Kier alpha value is -2.17. The molecule has 0 unspecified atom stereocenters. The molecule has 104 valence electrons. The summed E-state index contributed by atoms with van der Waals surface area (Å²) in [5, 5.41) is 4.10. The number of pyridine rings is 1. The first-order valence-electron chi connectivity index (χ1n) is 6.19. The van der Waals surface area contributed by atoms with Crippen LogP contribution in [0.1, 0.15) is 0 Å². The van der Waals surface area contributed by atoms with Crippen molar-refractivity contribution in [1.82, 2.24) is 15.0 Å². The third-order valence-electron chi connectivity index (χ3n) is 2.77. The van der Waals surface area contributed by atoms with Crippen LogP contribution in [0, 0.1) is 0 Å². The van der Waals surface area contributed by atoms with Gasteiger partial charge in [-0.15, -0.1) is 0 Å². The van der Waals surface area contributed by atoms with Gasteiger partial charge in [0, 0.05) is 24.0 Å². The number of hydrogen-bond acceptors (Lipinski definition) is 4. The molecule has 0 fully saturated rings. The van der Waals surface area contributed by atoms with Crippen molar-refractivity contribution in [2.75, 3.05) is 5.32 Å². The molecule has 0 spiro atoms. The number of nitrogens with zero attached hydrogens (tertiary/aromatic N) is 3. The number of aromatic nitrogens is 3. The molecule has 6 heteroatoms. The molecule has 3 rings (SSSR count). The summed E-state index contributed by atoms with van der Waals surface area (Å²) in [4.78, 5) is 12.6. The van der Waals surface area contributed by atoms with E-state index in [1.54, 1.807) is 24.5 Å². The molecule has 0 aliphatic heterocycles. The number of halogens is 2. The molecule has 21 heavy (non-hydrogen) atoms. The maximum atomic E-state index is 6.12. The summed E-state index contributed by atoms with van der Waals surface area (Å²) in [6.45, 7) is 0. The smallest absolute Gasteiger partial charge is 0.163 e. The van der Waals surface area contributed by atoms with Crippen LogP contribution in [0.25, 0.3) is 11.4 Å². The van der Waals surface area contributed by atoms with Gasteiger partial charge >= 0.3 is 0 Å². The summed E-state index contributed by atoms with van der Waals surface area (Å²) < 4.78 is 0. The summed E-state index contributed by atoms with van der Waals surface area (Å²) in [5.74, 6) is 1.11. The minimum Gasteiger partial charge on any atom is -0.339 e. The second kappa shape index (κ2) is 6.08. The zero-order valence-corrected chi connectivity index (χ0v) is 12.3. The fraction of sp³-hybridized carbons (Fsp3) is 0. The average Bonchev–Trinajstić information content (AvgIpc) is 2.50. The third-order valence-corrected chi connectivity index (χ3v) is 3.29. The summed E-state index contributed by atoms with van der Waals surface area (Å²) in [7, 11) is 0. The van der Waals surface area contributed by atoms with Crippen molar-refractivity contribution in [2.45, 2.75) is 0 Å². The molecule has 0 atom stereocenters. The lowest BCUT2D eigenvalue weighted by atomic mass is 10.2. The molecule has 2 aromatic heterocycles. The van der Waals surface area contributed by atoms with Gasteiger partial charge in [-0.1, -0.05) is 35.3 Å². The normalized spacial score (nSPS) is 10.4. The molecule has 0 amide bonds. The Bertz CT molecular complexity index is 763. The zero-order chi connectivity index (χ0) is 14.7. The predicted molar refractivity (Wildman–Crippen MR) is 85.0 cm³/mol. The van der Waals surface area contributed by atoms with E-state index >= 15 is 0 Å². The second-order valence-electron chi connectivity index (χ2n) is 4.24. The lowest BCUT2D eigenvalue weighted by Crippen LogP contribution is -1.98. The van der Waals surface area contributed by atoms with E-state index in [4.69, 9.17) is 23.2 Å². The first-order valence-corrected chi connectivity index (χ1v) is 6.94. The van der Waals surface area contributed by atoms with Crippen LogP contribution >= 0.6 is 23.2 Å². The summed E-state index contributed by atoms with van der Waals surface area (Å²) in [6.07, 6.45) is 3.36. The van der Waals surface area contributed by atoms with Gasteiger partial charge in [0.15, 0.2) is 5.82 Å². The lowest BCUT2D eigenvalue weighted by Gasteiger charge is -2.09. The maximum Gasteiger partial charge on any atom is 0.163 e. The number of hydrogen-bond donors (Lipinski definition) is 1. The number of rotatable bonds is 3. The summed E-state index contributed by atoms with van der Waals surface area (Å²) >= 11 is 12.2. The van der Waals surface area contributed by atoms with Crippen molar-refractivity contribution in [3.05, 3.63) is 65.0 Å². The van der Waals surface area contributed by atoms with Crippen LogP contribution in [0.5, 0.6) is 0 Å². The minimum atomic E-state index is 0.353. The number of nitrogens with one attached hydrogen (secondary N) is 1. The first-order chi connectivity index (χ1) is 10.2. The van der Waals surface area contributed by atoms with Gasteiger partial charge in [-0.05, 0) is 24.3 Å². The molecule has 1 aromatic carbocycles. The van der Waals surface area contributed by atoms with Crippen LogP contribution in [0.15, 0.2) is 54.9 Å². The van der Waals surface area contributed by atoms with E-state index < -0.39 is 0 Å². The fourth-order valence-electron chi connectivity index (χ4n) is 1.81. The van der Waals surface area contributed by atoms with Crippen molar-refractivity contribution >= 4 is 34.7 Å². The Labute approximate surface area is 131 Å².